The number of benzene rings is 2. The Morgan fingerprint density at radius 3 is 2.18 bits per heavy atom. The molecule has 1 heterocycles. The molecule has 0 saturated carbocycles. The third-order valence-electron chi connectivity index (χ3n) is 3.82. The van der Waals surface area contributed by atoms with Crippen molar-refractivity contribution in [2.75, 3.05) is 0 Å². The first-order valence-corrected chi connectivity index (χ1v) is 7.20. The molecule has 2 aromatic rings. The first kappa shape index (κ1) is 14.5. The highest BCUT2D eigenvalue weighted by atomic mass is 19.1. The van der Waals surface area contributed by atoms with Crippen molar-refractivity contribution in [3.05, 3.63) is 59.9 Å². The zero-order chi connectivity index (χ0) is 15.5. The van der Waals surface area contributed by atoms with Gasteiger partial charge in [0.05, 0.1) is 6.04 Å². The minimum atomic E-state index is -0.307. The maximum absolute atomic E-state index is 12.8. The van der Waals surface area contributed by atoms with Crippen LogP contribution in [0.15, 0.2) is 48.5 Å². The number of halogens is 1. The molecule has 1 saturated heterocycles. The van der Waals surface area contributed by atoms with E-state index in [1.807, 2.05) is 24.3 Å². The minimum absolute atomic E-state index is 0.136. The van der Waals surface area contributed by atoms with Crippen LogP contribution >= 0.6 is 0 Å². The molecule has 22 heavy (non-hydrogen) atoms. The van der Waals surface area contributed by atoms with Crippen LogP contribution in [0.1, 0.15) is 24.4 Å². The average molecular weight is 300 g/mol. The summed E-state index contributed by atoms with van der Waals surface area (Å²) in [5, 5.41) is 3.23. The number of amides is 1. The van der Waals surface area contributed by atoms with Crippen LogP contribution in [0, 0.1) is 5.82 Å². The van der Waals surface area contributed by atoms with E-state index >= 15 is 0 Å². The van der Waals surface area contributed by atoms with Gasteiger partial charge in [-0.2, -0.15) is 0 Å². The zero-order valence-corrected chi connectivity index (χ0v) is 12.0. The molecule has 3 N–H and O–H groups in total. The van der Waals surface area contributed by atoms with E-state index in [0.29, 0.717) is 11.5 Å². The maximum Gasteiger partial charge on any atom is 0.234 e. The van der Waals surface area contributed by atoms with Gasteiger partial charge in [0.1, 0.15) is 17.3 Å². The molecule has 1 aliphatic heterocycles. The lowest BCUT2D eigenvalue weighted by Crippen LogP contribution is -2.37. The molecule has 2 atom stereocenters. The van der Waals surface area contributed by atoms with Crippen LogP contribution in [0.4, 0.5) is 4.39 Å². The Morgan fingerprint density at radius 1 is 1.05 bits per heavy atom. The summed E-state index contributed by atoms with van der Waals surface area (Å²) >= 11 is 0. The SMILES string of the molecule is NC(=O)[C@@H]1CC[C@H](c2ccc(Oc3ccc(F)cc3)cc2)N1. The summed E-state index contributed by atoms with van der Waals surface area (Å²) in [6, 6.07) is 13.4. The lowest BCUT2D eigenvalue weighted by Gasteiger charge is -2.13. The largest absolute Gasteiger partial charge is 0.457 e. The van der Waals surface area contributed by atoms with Gasteiger partial charge in [0.2, 0.25) is 5.91 Å². The fraction of sp³-hybridized carbons (Fsp3) is 0.235. The Balaban J connectivity index is 1.65. The van der Waals surface area contributed by atoms with Crippen molar-refractivity contribution in [2.45, 2.75) is 24.9 Å². The molecule has 2 aromatic carbocycles. The van der Waals surface area contributed by atoms with Crippen molar-refractivity contribution in [2.24, 2.45) is 5.73 Å². The smallest absolute Gasteiger partial charge is 0.234 e. The van der Waals surface area contributed by atoms with E-state index in [9.17, 15) is 9.18 Å². The molecule has 0 unspecified atom stereocenters. The molecular formula is C17H17FN2O2. The Morgan fingerprint density at radius 2 is 1.64 bits per heavy atom. The van der Waals surface area contributed by atoms with Crippen molar-refractivity contribution in [3.63, 3.8) is 0 Å². The number of carbonyl (C=O) groups excluding carboxylic acids is 1. The number of nitrogens with one attached hydrogen (secondary N) is 1. The second-order valence-corrected chi connectivity index (χ2v) is 5.38. The Kier molecular flexibility index (Phi) is 4.06. The van der Waals surface area contributed by atoms with E-state index in [2.05, 4.69) is 5.32 Å². The zero-order valence-electron chi connectivity index (χ0n) is 12.0. The van der Waals surface area contributed by atoms with Gasteiger partial charge in [-0.1, -0.05) is 12.1 Å². The van der Waals surface area contributed by atoms with E-state index < -0.39 is 0 Å². The van der Waals surface area contributed by atoms with Crippen LogP contribution in [-0.2, 0) is 4.79 Å². The summed E-state index contributed by atoms with van der Waals surface area (Å²) in [6.07, 6.45) is 1.64. The maximum atomic E-state index is 12.8. The summed E-state index contributed by atoms with van der Waals surface area (Å²) in [4.78, 5) is 11.2. The van der Waals surface area contributed by atoms with Crippen molar-refractivity contribution >= 4 is 5.91 Å². The van der Waals surface area contributed by atoms with Gasteiger partial charge in [0.15, 0.2) is 0 Å². The topological polar surface area (TPSA) is 64.4 Å². The number of nitrogens with two attached hydrogens (primary N) is 1. The second-order valence-electron chi connectivity index (χ2n) is 5.38. The van der Waals surface area contributed by atoms with Gasteiger partial charge >= 0.3 is 0 Å². The van der Waals surface area contributed by atoms with Gasteiger partial charge in [-0.15, -0.1) is 0 Å². The van der Waals surface area contributed by atoms with Gasteiger partial charge < -0.3 is 10.5 Å². The monoisotopic (exact) mass is 300 g/mol. The summed E-state index contributed by atoms with van der Waals surface area (Å²) in [5.74, 6) is 0.666. The molecule has 0 aliphatic carbocycles. The quantitative estimate of drug-likeness (QED) is 0.912. The van der Waals surface area contributed by atoms with Crippen LogP contribution in [-0.4, -0.2) is 11.9 Å². The number of hydrogen-bond acceptors (Lipinski definition) is 3. The molecular weight excluding hydrogens is 283 g/mol. The van der Waals surface area contributed by atoms with E-state index in [0.717, 1.165) is 18.4 Å². The summed E-state index contributed by atoms with van der Waals surface area (Å²) in [6.45, 7) is 0. The Hall–Kier alpha value is -2.40. The molecule has 114 valence electrons. The Labute approximate surface area is 128 Å². The van der Waals surface area contributed by atoms with Crippen LogP contribution in [0.5, 0.6) is 11.5 Å². The number of primary amides is 1. The van der Waals surface area contributed by atoms with Crippen LogP contribution in [0.2, 0.25) is 0 Å². The van der Waals surface area contributed by atoms with E-state index in [1.165, 1.54) is 12.1 Å². The van der Waals surface area contributed by atoms with E-state index in [1.54, 1.807) is 12.1 Å². The third kappa shape index (κ3) is 3.26. The molecule has 0 bridgehead atoms. The summed E-state index contributed by atoms with van der Waals surface area (Å²) < 4.78 is 18.5. The number of carbonyl (C=O) groups is 1. The van der Waals surface area contributed by atoms with E-state index in [-0.39, 0.29) is 23.8 Å². The predicted octanol–water partition coefficient (Wildman–Crippen LogP) is 2.90. The minimum Gasteiger partial charge on any atom is -0.457 e. The average Bonchev–Trinajstić information content (AvgIpc) is 3.00. The molecule has 0 radical (unpaired) electrons. The van der Waals surface area contributed by atoms with Gasteiger partial charge in [-0.25, -0.2) is 4.39 Å². The van der Waals surface area contributed by atoms with Crippen LogP contribution < -0.4 is 15.8 Å². The Bertz CT molecular complexity index is 655. The molecule has 0 spiro atoms. The summed E-state index contributed by atoms with van der Waals surface area (Å²) in [7, 11) is 0. The molecule has 4 nitrogen and oxygen atoms in total. The van der Waals surface area contributed by atoms with Crippen molar-refractivity contribution in [1.29, 1.82) is 0 Å². The van der Waals surface area contributed by atoms with Gasteiger partial charge in [-0.05, 0) is 54.8 Å². The lowest BCUT2D eigenvalue weighted by molar-refractivity contribution is -0.119. The molecule has 1 amide bonds. The molecule has 1 aliphatic rings. The van der Waals surface area contributed by atoms with Crippen molar-refractivity contribution in [1.82, 2.24) is 5.32 Å². The van der Waals surface area contributed by atoms with Crippen molar-refractivity contribution in [3.8, 4) is 11.5 Å². The molecule has 1 fully saturated rings. The first-order valence-electron chi connectivity index (χ1n) is 7.20. The lowest BCUT2D eigenvalue weighted by atomic mass is 10.1. The number of ether oxygens (including phenoxy) is 1. The van der Waals surface area contributed by atoms with Crippen LogP contribution in [0.3, 0.4) is 0 Å². The standard InChI is InChI=1S/C17H17FN2O2/c18-12-3-7-14(8-4-12)22-13-5-1-11(2-6-13)15-9-10-16(20-15)17(19)21/h1-8,15-16,20H,9-10H2,(H2,19,21)/t15-,16+/m1/s1. The first-order chi connectivity index (χ1) is 10.6. The fourth-order valence-electron chi connectivity index (χ4n) is 2.64. The normalized spacial score (nSPS) is 20.8. The molecule has 3 rings (SSSR count). The predicted molar refractivity (Wildman–Crippen MR) is 81.0 cm³/mol. The van der Waals surface area contributed by atoms with Crippen molar-refractivity contribution < 1.29 is 13.9 Å². The summed E-state index contributed by atoms with van der Waals surface area (Å²) in [5.41, 5.74) is 6.40. The van der Waals surface area contributed by atoms with Gasteiger partial charge in [-0.3, -0.25) is 10.1 Å². The van der Waals surface area contributed by atoms with Crippen LogP contribution in [0.25, 0.3) is 0 Å². The molecule has 0 aromatic heterocycles. The number of rotatable bonds is 4. The second kappa shape index (κ2) is 6.15. The highest BCUT2D eigenvalue weighted by molar-refractivity contribution is 5.80. The van der Waals surface area contributed by atoms with E-state index in [4.69, 9.17) is 10.5 Å². The molecule has 5 heteroatoms. The number of hydrogen-bond donors (Lipinski definition) is 2. The third-order valence-corrected chi connectivity index (χ3v) is 3.82. The highest BCUT2D eigenvalue weighted by Gasteiger charge is 2.28. The highest BCUT2D eigenvalue weighted by Crippen LogP contribution is 2.29. The fourth-order valence-corrected chi connectivity index (χ4v) is 2.64. The van der Waals surface area contributed by atoms with Gasteiger partial charge in [0.25, 0.3) is 0 Å². The van der Waals surface area contributed by atoms with Gasteiger partial charge in [0, 0.05) is 6.04 Å².